The molecule has 1 atom stereocenters. The van der Waals surface area contributed by atoms with Crippen LogP contribution in [0.4, 0.5) is 5.82 Å². The lowest BCUT2D eigenvalue weighted by atomic mass is 10.1. The van der Waals surface area contributed by atoms with Crippen molar-refractivity contribution in [2.24, 2.45) is 0 Å². The van der Waals surface area contributed by atoms with Crippen LogP contribution >= 0.6 is 0 Å². The maximum Gasteiger partial charge on any atom is 0.129 e. The standard InChI is InChI=1S/C14H16N2O2/c1-18-12-7-5-11(6-8-12)10-14(17)16-13-4-2-3-9-15-13/h2-9,14,17H,10H2,1H3,(H,15,16). The fraction of sp³-hybridized carbons (Fsp3) is 0.214. The Morgan fingerprint density at radius 2 is 2.00 bits per heavy atom. The molecule has 2 rings (SSSR count). The number of pyridine rings is 1. The lowest BCUT2D eigenvalue weighted by molar-refractivity contribution is 0.203. The van der Waals surface area contributed by atoms with Gasteiger partial charge in [-0.3, -0.25) is 0 Å². The Hall–Kier alpha value is -2.07. The first-order valence-corrected chi connectivity index (χ1v) is 5.76. The number of hydrogen-bond donors (Lipinski definition) is 2. The van der Waals surface area contributed by atoms with Gasteiger partial charge >= 0.3 is 0 Å². The number of anilines is 1. The van der Waals surface area contributed by atoms with E-state index >= 15 is 0 Å². The number of benzene rings is 1. The molecule has 0 aliphatic heterocycles. The smallest absolute Gasteiger partial charge is 0.129 e. The number of nitrogens with one attached hydrogen (secondary N) is 1. The van der Waals surface area contributed by atoms with Gasteiger partial charge in [-0.25, -0.2) is 4.98 Å². The fourth-order valence-electron chi connectivity index (χ4n) is 1.65. The first-order valence-electron chi connectivity index (χ1n) is 5.76. The molecule has 2 N–H and O–H groups in total. The van der Waals surface area contributed by atoms with Gasteiger partial charge in [0.2, 0.25) is 0 Å². The molecule has 1 unspecified atom stereocenters. The van der Waals surface area contributed by atoms with E-state index in [1.807, 2.05) is 42.5 Å². The summed E-state index contributed by atoms with van der Waals surface area (Å²) in [5.74, 6) is 1.48. The number of ether oxygens (including phenoxy) is 1. The lowest BCUT2D eigenvalue weighted by Crippen LogP contribution is -2.21. The summed E-state index contributed by atoms with van der Waals surface area (Å²) in [6.45, 7) is 0. The Bertz CT molecular complexity index is 471. The molecule has 1 aromatic heterocycles. The van der Waals surface area contributed by atoms with Crippen LogP contribution in [0.25, 0.3) is 0 Å². The van der Waals surface area contributed by atoms with Crippen molar-refractivity contribution >= 4 is 5.82 Å². The minimum Gasteiger partial charge on any atom is -0.497 e. The number of aliphatic hydroxyl groups excluding tert-OH is 1. The Labute approximate surface area is 106 Å². The molecule has 4 nitrogen and oxygen atoms in total. The maximum atomic E-state index is 9.90. The molecule has 94 valence electrons. The van der Waals surface area contributed by atoms with Crippen molar-refractivity contribution in [3.05, 3.63) is 54.2 Å². The summed E-state index contributed by atoms with van der Waals surface area (Å²) in [7, 11) is 1.63. The van der Waals surface area contributed by atoms with Gasteiger partial charge in [-0.15, -0.1) is 0 Å². The highest BCUT2D eigenvalue weighted by molar-refractivity contribution is 5.34. The summed E-state index contributed by atoms with van der Waals surface area (Å²) in [6.07, 6.45) is 1.54. The Morgan fingerprint density at radius 1 is 1.22 bits per heavy atom. The highest BCUT2D eigenvalue weighted by Gasteiger charge is 2.05. The van der Waals surface area contributed by atoms with Crippen molar-refractivity contribution in [3.63, 3.8) is 0 Å². The summed E-state index contributed by atoms with van der Waals surface area (Å²) >= 11 is 0. The summed E-state index contributed by atoms with van der Waals surface area (Å²) in [4.78, 5) is 4.10. The molecule has 2 aromatic rings. The highest BCUT2D eigenvalue weighted by atomic mass is 16.5. The van der Waals surface area contributed by atoms with E-state index in [4.69, 9.17) is 4.74 Å². The fourth-order valence-corrected chi connectivity index (χ4v) is 1.65. The van der Waals surface area contributed by atoms with E-state index in [0.29, 0.717) is 12.2 Å². The largest absolute Gasteiger partial charge is 0.497 e. The second kappa shape index (κ2) is 6.02. The molecule has 0 saturated heterocycles. The SMILES string of the molecule is COc1ccc(CC(O)Nc2ccccn2)cc1. The molecular weight excluding hydrogens is 228 g/mol. The summed E-state index contributed by atoms with van der Waals surface area (Å²) < 4.78 is 5.08. The molecule has 0 aliphatic carbocycles. The van der Waals surface area contributed by atoms with E-state index in [1.165, 1.54) is 0 Å². The monoisotopic (exact) mass is 244 g/mol. The van der Waals surface area contributed by atoms with Crippen molar-refractivity contribution in [1.29, 1.82) is 0 Å². The van der Waals surface area contributed by atoms with E-state index in [9.17, 15) is 5.11 Å². The number of methoxy groups -OCH3 is 1. The van der Waals surface area contributed by atoms with Crippen molar-refractivity contribution in [2.75, 3.05) is 12.4 Å². The molecule has 1 aromatic carbocycles. The minimum atomic E-state index is -0.659. The van der Waals surface area contributed by atoms with E-state index in [1.54, 1.807) is 13.3 Å². The third kappa shape index (κ3) is 3.46. The second-order valence-corrected chi connectivity index (χ2v) is 3.93. The molecule has 0 fully saturated rings. The van der Waals surface area contributed by atoms with Crippen molar-refractivity contribution < 1.29 is 9.84 Å². The number of aliphatic hydroxyl groups is 1. The highest BCUT2D eigenvalue weighted by Crippen LogP contribution is 2.13. The van der Waals surface area contributed by atoms with E-state index < -0.39 is 6.23 Å². The van der Waals surface area contributed by atoms with Crippen LogP contribution in [0.15, 0.2) is 48.7 Å². The maximum absolute atomic E-state index is 9.90. The number of nitrogens with zero attached hydrogens (tertiary/aromatic N) is 1. The van der Waals surface area contributed by atoms with E-state index in [0.717, 1.165) is 11.3 Å². The van der Waals surface area contributed by atoms with Crippen molar-refractivity contribution in [2.45, 2.75) is 12.6 Å². The third-order valence-corrected chi connectivity index (χ3v) is 2.57. The van der Waals surface area contributed by atoms with Crippen LogP contribution < -0.4 is 10.1 Å². The summed E-state index contributed by atoms with van der Waals surface area (Å²) in [5, 5.41) is 12.8. The molecular formula is C14H16N2O2. The lowest BCUT2D eigenvalue weighted by Gasteiger charge is -2.13. The third-order valence-electron chi connectivity index (χ3n) is 2.57. The van der Waals surface area contributed by atoms with Gasteiger partial charge in [0.15, 0.2) is 0 Å². The van der Waals surface area contributed by atoms with Gasteiger partial charge in [0.25, 0.3) is 0 Å². The zero-order chi connectivity index (χ0) is 12.8. The average molecular weight is 244 g/mol. The number of rotatable bonds is 5. The van der Waals surface area contributed by atoms with Crippen LogP contribution in [0.5, 0.6) is 5.75 Å². The van der Waals surface area contributed by atoms with E-state index in [2.05, 4.69) is 10.3 Å². The molecule has 0 bridgehead atoms. The Balaban J connectivity index is 1.92. The number of hydrogen-bond acceptors (Lipinski definition) is 4. The molecule has 0 aliphatic rings. The second-order valence-electron chi connectivity index (χ2n) is 3.93. The number of aromatic nitrogens is 1. The zero-order valence-electron chi connectivity index (χ0n) is 10.2. The van der Waals surface area contributed by atoms with Crippen molar-refractivity contribution in [3.8, 4) is 5.75 Å². The Kier molecular flexibility index (Phi) is 4.15. The van der Waals surface area contributed by atoms with Gasteiger partial charge in [0.1, 0.15) is 17.8 Å². The summed E-state index contributed by atoms with van der Waals surface area (Å²) in [5.41, 5.74) is 1.03. The van der Waals surface area contributed by atoms with Gasteiger partial charge in [-0.1, -0.05) is 18.2 Å². The first kappa shape index (κ1) is 12.4. The predicted octanol–water partition coefficient (Wildman–Crippen LogP) is 2.06. The van der Waals surface area contributed by atoms with Gasteiger partial charge in [-0.05, 0) is 29.8 Å². The van der Waals surface area contributed by atoms with Gasteiger partial charge in [-0.2, -0.15) is 0 Å². The van der Waals surface area contributed by atoms with Gasteiger partial charge in [0.05, 0.1) is 7.11 Å². The van der Waals surface area contributed by atoms with Crippen molar-refractivity contribution in [1.82, 2.24) is 4.98 Å². The van der Waals surface area contributed by atoms with Crippen LogP contribution in [0.2, 0.25) is 0 Å². The average Bonchev–Trinajstić information content (AvgIpc) is 2.40. The molecule has 0 spiro atoms. The first-order chi connectivity index (χ1) is 8.78. The summed E-state index contributed by atoms with van der Waals surface area (Å²) in [6, 6.07) is 13.1. The van der Waals surface area contributed by atoms with Gasteiger partial charge in [0, 0.05) is 12.6 Å². The van der Waals surface area contributed by atoms with Gasteiger partial charge < -0.3 is 15.2 Å². The minimum absolute atomic E-state index is 0.514. The molecule has 0 radical (unpaired) electrons. The molecule has 0 amide bonds. The predicted molar refractivity (Wildman–Crippen MR) is 70.6 cm³/mol. The molecule has 4 heteroatoms. The van der Waals surface area contributed by atoms with Crippen LogP contribution in [0.1, 0.15) is 5.56 Å². The quantitative estimate of drug-likeness (QED) is 0.790. The van der Waals surface area contributed by atoms with E-state index in [-0.39, 0.29) is 0 Å². The van der Waals surface area contributed by atoms with Crippen LogP contribution in [-0.2, 0) is 6.42 Å². The normalized spacial score (nSPS) is 11.9. The Morgan fingerprint density at radius 3 is 2.61 bits per heavy atom. The molecule has 1 heterocycles. The topological polar surface area (TPSA) is 54.4 Å². The molecule has 0 saturated carbocycles. The van der Waals surface area contributed by atoms with Crippen LogP contribution in [0.3, 0.4) is 0 Å². The van der Waals surface area contributed by atoms with Crippen LogP contribution in [0, 0.1) is 0 Å². The molecule has 18 heavy (non-hydrogen) atoms. The van der Waals surface area contributed by atoms with Crippen LogP contribution in [-0.4, -0.2) is 23.4 Å². The zero-order valence-corrected chi connectivity index (χ0v) is 10.2.